The molecule has 0 radical (unpaired) electrons. The Morgan fingerprint density at radius 2 is 1.79 bits per heavy atom. The van der Waals surface area contributed by atoms with E-state index in [0.717, 1.165) is 0 Å². The lowest BCUT2D eigenvalue weighted by Gasteiger charge is -2.15. The van der Waals surface area contributed by atoms with Crippen LogP contribution in [0.5, 0.6) is 5.75 Å². The number of hydrogen-bond acceptors (Lipinski definition) is 4. The van der Waals surface area contributed by atoms with E-state index in [0.29, 0.717) is 22.6 Å². The summed E-state index contributed by atoms with van der Waals surface area (Å²) in [6, 6.07) is 10.7. The molecule has 0 unspecified atom stereocenters. The molecule has 2 aromatic carbocycles. The van der Waals surface area contributed by atoms with Crippen LogP contribution < -0.4 is 10.1 Å². The highest BCUT2D eigenvalue weighted by Crippen LogP contribution is 2.17. The summed E-state index contributed by atoms with van der Waals surface area (Å²) in [5.41, 5.74) is 1.25. The van der Waals surface area contributed by atoms with Gasteiger partial charge in [-0.2, -0.15) is 0 Å². The standard InChI is InChI=1S/C18H18FNO4/c1-11-4-7-14(10-16(11)19)20-17(21)12(2)24-15-8-5-13(6-9-15)18(22)23-3/h4-10,12H,1-3H3,(H,20,21)/t12-/m1/s1. The van der Waals surface area contributed by atoms with Crippen LogP contribution in [0, 0.1) is 12.7 Å². The summed E-state index contributed by atoms with van der Waals surface area (Å²) in [6.45, 7) is 3.22. The zero-order valence-corrected chi connectivity index (χ0v) is 13.6. The first-order valence-electron chi connectivity index (χ1n) is 7.32. The van der Waals surface area contributed by atoms with E-state index in [1.807, 2.05) is 0 Å². The topological polar surface area (TPSA) is 64.6 Å². The SMILES string of the molecule is COC(=O)c1ccc(O[C@H](C)C(=O)Nc2ccc(C)c(F)c2)cc1. The van der Waals surface area contributed by atoms with Crippen molar-refractivity contribution in [1.29, 1.82) is 0 Å². The van der Waals surface area contributed by atoms with Crippen molar-refractivity contribution >= 4 is 17.6 Å². The summed E-state index contributed by atoms with van der Waals surface area (Å²) in [6.07, 6.45) is -0.793. The van der Waals surface area contributed by atoms with Crippen LogP contribution in [0.15, 0.2) is 42.5 Å². The Kier molecular flexibility index (Phi) is 5.52. The average molecular weight is 331 g/mol. The molecular weight excluding hydrogens is 313 g/mol. The fourth-order valence-electron chi connectivity index (χ4n) is 1.96. The van der Waals surface area contributed by atoms with Gasteiger partial charge in [0.25, 0.3) is 5.91 Å². The highest BCUT2D eigenvalue weighted by atomic mass is 19.1. The Bertz CT molecular complexity index is 743. The molecule has 0 aromatic heterocycles. The largest absolute Gasteiger partial charge is 0.481 e. The lowest BCUT2D eigenvalue weighted by molar-refractivity contribution is -0.122. The Hall–Kier alpha value is -2.89. The van der Waals surface area contributed by atoms with Gasteiger partial charge < -0.3 is 14.8 Å². The van der Waals surface area contributed by atoms with Crippen molar-refractivity contribution in [2.24, 2.45) is 0 Å². The summed E-state index contributed by atoms with van der Waals surface area (Å²) in [5.74, 6) is -0.816. The predicted molar refractivity (Wildman–Crippen MR) is 87.6 cm³/mol. The minimum Gasteiger partial charge on any atom is -0.481 e. The molecule has 0 spiro atoms. The van der Waals surface area contributed by atoms with Gasteiger partial charge in [-0.05, 0) is 55.8 Å². The maximum absolute atomic E-state index is 13.5. The number of halogens is 1. The number of methoxy groups -OCH3 is 1. The van der Waals surface area contributed by atoms with Gasteiger partial charge in [-0.3, -0.25) is 4.79 Å². The maximum Gasteiger partial charge on any atom is 0.337 e. The molecule has 2 rings (SSSR count). The van der Waals surface area contributed by atoms with E-state index in [1.54, 1.807) is 50.2 Å². The molecule has 0 saturated heterocycles. The van der Waals surface area contributed by atoms with Crippen LogP contribution >= 0.6 is 0 Å². The smallest absolute Gasteiger partial charge is 0.337 e. The lowest BCUT2D eigenvalue weighted by Crippen LogP contribution is -2.30. The van der Waals surface area contributed by atoms with E-state index in [4.69, 9.17) is 4.74 Å². The van der Waals surface area contributed by atoms with E-state index >= 15 is 0 Å². The minimum absolute atomic E-state index is 0.361. The van der Waals surface area contributed by atoms with E-state index in [2.05, 4.69) is 10.1 Å². The van der Waals surface area contributed by atoms with E-state index in [9.17, 15) is 14.0 Å². The Balaban J connectivity index is 1.98. The summed E-state index contributed by atoms with van der Waals surface area (Å²) in [4.78, 5) is 23.5. The quantitative estimate of drug-likeness (QED) is 0.854. The van der Waals surface area contributed by atoms with Crippen molar-refractivity contribution in [3.63, 3.8) is 0 Å². The normalized spacial score (nSPS) is 11.5. The monoisotopic (exact) mass is 331 g/mol. The summed E-state index contributed by atoms with van der Waals surface area (Å²) >= 11 is 0. The first-order valence-corrected chi connectivity index (χ1v) is 7.32. The van der Waals surface area contributed by atoms with Gasteiger partial charge in [-0.1, -0.05) is 6.07 Å². The molecule has 126 valence electrons. The summed E-state index contributed by atoms with van der Waals surface area (Å²) in [5, 5.41) is 2.59. The van der Waals surface area contributed by atoms with Crippen molar-refractivity contribution < 1.29 is 23.5 Å². The van der Waals surface area contributed by atoms with Crippen molar-refractivity contribution in [1.82, 2.24) is 0 Å². The van der Waals surface area contributed by atoms with Gasteiger partial charge in [0, 0.05) is 5.69 Å². The third-order valence-electron chi connectivity index (χ3n) is 3.40. The second-order valence-corrected chi connectivity index (χ2v) is 5.23. The molecule has 0 aliphatic rings. The average Bonchev–Trinajstić information content (AvgIpc) is 2.58. The van der Waals surface area contributed by atoms with E-state index in [-0.39, 0.29) is 5.82 Å². The number of nitrogens with one attached hydrogen (secondary N) is 1. The molecule has 0 fully saturated rings. The van der Waals surface area contributed by atoms with Gasteiger partial charge in [-0.15, -0.1) is 0 Å². The number of aryl methyl sites for hydroxylation is 1. The maximum atomic E-state index is 13.5. The number of rotatable bonds is 5. The molecule has 0 saturated carbocycles. The lowest BCUT2D eigenvalue weighted by atomic mass is 10.2. The van der Waals surface area contributed by atoms with Gasteiger partial charge in [0.15, 0.2) is 6.10 Å². The van der Waals surface area contributed by atoms with Gasteiger partial charge in [0.1, 0.15) is 11.6 Å². The zero-order chi connectivity index (χ0) is 17.7. The predicted octanol–water partition coefficient (Wildman–Crippen LogP) is 3.33. The highest BCUT2D eigenvalue weighted by Gasteiger charge is 2.16. The molecule has 6 heteroatoms. The number of carbonyl (C=O) groups excluding carboxylic acids is 2. The third kappa shape index (κ3) is 4.32. The molecule has 24 heavy (non-hydrogen) atoms. The first kappa shape index (κ1) is 17.5. The van der Waals surface area contributed by atoms with Gasteiger partial charge in [0.2, 0.25) is 0 Å². The molecule has 0 bridgehead atoms. The Morgan fingerprint density at radius 1 is 1.12 bits per heavy atom. The summed E-state index contributed by atoms with van der Waals surface area (Å²) < 4.78 is 23.6. The molecule has 0 aliphatic carbocycles. The van der Waals surface area contributed by atoms with Crippen LogP contribution in [0.2, 0.25) is 0 Å². The number of hydrogen-bond donors (Lipinski definition) is 1. The third-order valence-corrected chi connectivity index (χ3v) is 3.40. The number of amides is 1. The van der Waals surface area contributed by atoms with E-state index in [1.165, 1.54) is 13.2 Å². The van der Waals surface area contributed by atoms with Crippen LogP contribution in [0.3, 0.4) is 0 Å². The van der Waals surface area contributed by atoms with Crippen molar-refractivity contribution in [2.75, 3.05) is 12.4 Å². The molecule has 1 atom stereocenters. The van der Waals surface area contributed by atoms with Gasteiger partial charge in [-0.25, -0.2) is 9.18 Å². The van der Waals surface area contributed by atoms with Crippen LogP contribution in [-0.4, -0.2) is 25.1 Å². The Labute approximate surface area is 139 Å². The number of benzene rings is 2. The molecule has 0 heterocycles. The summed E-state index contributed by atoms with van der Waals surface area (Å²) in [7, 11) is 1.30. The number of anilines is 1. The molecular formula is C18H18FNO4. The fourth-order valence-corrected chi connectivity index (χ4v) is 1.96. The van der Waals surface area contributed by atoms with Crippen LogP contribution in [0.1, 0.15) is 22.8 Å². The second-order valence-electron chi connectivity index (χ2n) is 5.23. The molecule has 2 aromatic rings. The number of esters is 1. The van der Waals surface area contributed by atoms with E-state index < -0.39 is 18.0 Å². The first-order chi connectivity index (χ1) is 11.4. The Morgan fingerprint density at radius 3 is 2.38 bits per heavy atom. The molecule has 1 amide bonds. The molecule has 1 N–H and O–H groups in total. The van der Waals surface area contributed by atoms with Crippen LogP contribution in [-0.2, 0) is 9.53 Å². The minimum atomic E-state index is -0.793. The van der Waals surface area contributed by atoms with Crippen LogP contribution in [0.25, 0.3) is 0 Å². The molecule has 5 nitrogen and oxygen atoms in total. The van der Waals surface area contributed by atoms with Crippen molar-refractivity contribution in [3.8, 4) is 5.75 Å². The van der Waals surface area contributed by atoms with Crippen molar-refractivity contribution in [2.45, 2.75) is 20.0 Å². The van der Waals surface area contributed by atoms with Gasteiger partial charge in [0.05, 0.1) is 12.7 Å². The fraction of sp³-hybridized carbons (Fsp3) is 0.222. The van der Waals surface area contributed by atoms with Crippen molar-refractivity contribution in [3.05, 3.63) is 59.4 Å². The van der Waals surface area contributed by atoms with Crippen LogP contribution in [0.4, 0.5) is 10.1 Å². The second kappa shape index (κ2) is 7.59. The highest BCUT2D eigenvalue weighted by molar-refractivity contribution is 5.94. The number of carbonyl (C=O) groups is 2. The zero-order valence-electron chi connectivity index (χ0n) is 13.6. The van der Waals surface area contributed by atoms with Gasteiger partial charge >= 0.3 is 5.97 Å². The molecule has 0 aliphatic heterocycles. The number of ether oxygens (including phenoxy) is 2.